The normalized spacial score (nSPS) is 11.9. The highest BCUT2D eigenvalue weighted by atomic mass is 16.7. The molecule has 2 N–H and O–H groups in total. The lowest BCUT2D eigenvalue weighted by Crippen LogP contribution is -2.36. The molecule has 0 saturated heterocycles. The van der Waals surface area contributed by atoms with Crippen LogP contribution in [0.25, 0.3) is 11.4 Å². The minimum atomic E-state index is -0.725. The number of aryl methyl sites for hydroxylation is 1. The van der Waals surface area contributed by atoms with E-state index in [0.717, 1.165) is 11.4 Å². The van der Waals surface area contributed by atoms with Gasteiger partial charge in [0.15, 0.2) is 11.5 Å². The van der Waals surface area contributed by atoms with E-state index in [9.17, 15) is 9.59 Å². The summed E-state index contributed by atoms with van der Waals surface area (Å²) in [6.45, 7) is 1.20. The molecule has 2 aromatic carbocycles. The fourth-order valence-electron chi connectivity index (χ4n) is 3.03. The Bertz CT molecular complexity index is 1020. The average Bonchev–Trinajstić information content (AvgIpc) is 3.40. The SMILES string of the molecule is O=C(NCCCn1ccnc1-c1ccccc1)C(=O)Nc1ccc2c(c1)OCO2. The molecule has 1 aliphatic rings. The maximum Gasteiger partial charge on any atom is 0.313 e. The topological polar surface area (TPSA) is 94.5 Å². The van der Waals surface area contributed by atoms with Crippen molar-refractivity contribution in [2.24, 2.45) is 0 Å². The van der Waals surface area contributed by atoms with Crippen LogP contribution in [0.4, 0.5) is 5.69 Å². The number of imidazole rings is 1. The van der Waals surface area contributed by atoms with Crippen molar-refractivity contribution in [3.63, 3.8) is 0 Å². The van der Waals surface area contributed by atoms with E-state index in [2.05, 4.69) is 15.6 Å². The zero-order valence-corrected chi connectivity index (χ0v) is 15.6. The molecule has 2 amide bonds. The van der Waals surface area contributed by atoms with Crippen LogP contribution >= 0.6 is 0 Å². The molecule has 0 atom stereocenters. The van der Waals surface area contributed by atoms with Gasteiger partial charge >= 0.3 is 11.8 Å². The smallest absolute Gasteiger partial charge is 0.313 e. The van der Waals surface area contributed by atoms with E-state index < -0.39 is 11.8 Å². The summed E-state index contributed by atoms with van der Waals surface area (Å²) in [5.41, 5.74) is 1.50. The van der Waals surface area contributed by atoms with Gasteiger partial charge in [-0.2, -0.15) is 0 Å². The van der Waals surface area contributed by atoms with Crippen LogP contribution in [0, 0.1) is 0 Å². The largest absolute Gasteiger partial charge is 0.454 e. The van der Waals surface area contributed by atoms with Gasteiger partial charge in [0.2, 0.25) is 6.79 Å². The first-order valence-corrected chi connectivity index (χ1v) is 9.26. The number of hydrogen-bond acceptors (Lipinski definition) is 5. The number of ether oxygens (including phenoxy) is 2. The molecule has 1 aromatic heterocycles. The minimum absolute atomic E-state index is 0.149. The number of benzene rings is 2. The Hall–Kier alpha value is -3.81. The second kappa shape index (κ2) is 8.47. The van der Waals surface area contributed by atoms with Crippen LogP contribution < -0.4 is 20.1 Å². The van der Waals surface area contributed by atoms with E-state index >= 15 is 0 Å². The quantitative estimate of drug-likeness (QED) is 0.496. The molecule has 0 fully saturated rings. The molecule has 148 valence electrons. The van der Waals surface area contributed by atoms with Crippen LogP contribution in [0.1, 0.15) is 6.42 Å². The zero-order chi connectivity index (χ0) is 20.1. The number of nitrogens with zero attached hydrogens (tertiary/aromatic N) is 2. The van der Waals surface area contributed by atoms with E-state index in [0.29, 0.717) is 36.7 Å². The van der Waals surface area contributed by atoms with Crippen molar-refractivity contribution in [3.8, 4) is 22.9 Å². The summed E-state index contributed by atoms with van der Waals surface area (Å²) < 4.78 is 12.5. The Balaban J connectivity index is 1.24. The first kappa shape index (κ1) is 18.5. The summed E-state index contributed by atoms with van der Waals surface area (Å²) in [4.78, 5) is 28.5. The van der Waals surface area contributed by atoms with Gasteiger partial charge in [0.1, 0.15) is 5.82 Å². The van der Waals surface area contributed by atoms with Crippen LogP contribution in [-0.4, -0.2) is 34.7 Å². The van der Waals surface area contributed by atoms with E-state index in [1.54, 1.807) is 24.4 Å². The predicted octanol–water partition coefficient (Wildman–Crippen LogP) is 2.42. The third-order valence-electron chi connectivity index (χ3n) is 4.45. The molecule has 0 aliphatic carbocycles. The lowest BCUT2D eigenvalue weighted by Gasteiger charge is -2.09. The van der Waals surface area contributed by atoms with Crippen molar-refractivity contribution in [1.29, 1.82) is 0 Å². The maximum atomic E-state index is 12.1. The van der Waals surface area contributed by atoms with Gasteiger partial charge in [-0.25, -0.2) is 4.98 Å². The number of amides is 2. The Morgan fingerprint density at radius 1 is 1.03 bits per heavy atom. The average molecular weight is 392 g/mol. The number of fused-ring (bicyclic) bond motifs is 1. The lowest BCUT2D eigenvalue weighted by molar-refractivity contribution is -0.136. The summed E-state index contributed by atoms with van der Waals surface area (Å²) in [5.74, 6) is 0.616. The highest BCUT2D eigenvalue weighted by Gasteiger charge is 2.17. The minimum Gasteiger partial charge on any atom is -0.454 e. The van der Waals surface area contributed by atoms with Gasteiger partial charge in [-0.15, -0.1) is 0 Å². The molecule has 0 radical (unpaired) electrons. The summed E-state index contributed by atoms with van der Waals surface area (Å²) in [5, 5.41) is 5.19. The fraction of sp³-hybridized carbons (Fsp3) is 0.190. The van der Waals surface area contributed by atoms with Crippen molar-refractivity contribution < 1.29 is 19.1 Å². The number of carbonyl (C=O) groups is 2. The van der Waals surface area contributed by atoms with Crippen molar-refractivity contribution >= 4 is 17.5 Å². The zero-order valence-electron chi connectivity index (χ0n) is 15.6. The third kappa shape index (κ3) is 4.37. The molecule has 0 spiro atoms. The summed E-state index contributed by atoms with van der Waals surface area (Å²) in [7, 11) is 0. The molecule has 3 aromatic rings. The number of hydrogen-bond donors (Lipinski definition) is 2. The van der Waals surface area contributed by atoms with Crippen LogP contribution in [0.5, 0.6) is 11.5 Å². The van der Waals surface area contributed by atoms with Crippen LogP contribution in [0.15, 0.2) is 60.9 Å². The Labute approximate surface area is 167 Å². The molecule has 0 saturated carbocycles. The summed E-state index contributed by atoms with van der Waals surface area (Å²) >= 11 is 0. The molecule has 29 heavy (non-hydrogen) atoms. The van der Waals surface area contributed by atoms with E-state index in [1.807, 2.05) is 41.1 Å². The number of rotatable bonds is 6. The van der Waals surface area contributed by atoms with Crippen molar-refractivity contribution in [2.45, 2.75) is 13.0 Å². The van der Waals surface area contributed by atoms with E-state index in [-0.39, 0.29) is 6.79 Å². The third-order valence-corrected chi connectivity index (χ3v) is 4.45. The maximum absolute atomic E-state index is 12.1. The van der Waals surface area contributed by atoms with Gasteiger partial charge < -0.3 is 24.7 Å². The van der Waals surface area contributed by atoms with Crippen LogP contribution in [0.2, 0.25) is 0 Å². The van der Waals surface area contributed by atoms with Crippen molar-refractivity contribution in [3.05, 3.63) is 60.9 Å². The standard InChI is InChI=1S/C21H20N4O4/c26-20(21(27)24-16-7-8-17-18(13-16)29-14-28-17)23-9-4-11-25-12-10-22-19(25)15-5-2-1-3-6-15/h1-3,5-8,10,12-13H,4,9,11,14H2,(H,23,26)(H,24,27). The Kier molecular flexibility index (Phi) is 5.42. The van der Waals surface area contributed by atoms with E-state index in [1.165, 1.54) is 0 Å². The first-order chi connectivity index (χ1) is 14.2. The Morgan fingerprint density at radius 2 is 1.86 bits per heavy atom. The summed E-state index contributed by atoms with van der Waals surface area (Å²) in [6.07, 6.45) is 4.31. The molecule has 1 aliphatic heterocycles. The molecule has 0 bridgehead atoms. The molecular weight excluding hydrogens is 372 g/mol. The molecule has 8 nitrogen and oxygen atoms in total. The van der Waals surface area contributed by atoms with Crippen molar-refractivity contribution in [1.82, 2.24) is 14.9 Å². The Morgan fingerprint density at radius 3 is 2.72 bits per heavy atom. The predicted molar refractivity (Wildman–Crippen MR) is 106 cm³/mol. The number of anilines is 1. The van der Waals surface area contributed by atoms with Gasteiger partial charge in [-0.1, -0.05) is 30.3 Å². The fourth-order valence-corrected chi connectivity index (χ4v) is 3.03. The first-order valence-electron chi connectivity index (χ1n) is 9.26. The molecule has 2 heterocycles. The summed E-state index contributed by atoms with van der Waals surface area (Å²) in [6, 6.07) is 14.9. The van der Waals surface area contributed by atoms with Gasteiger partial charge in [0.05, 0.1) is 0 Å². The van der Waals surface area contributed by atoms with Gasteiger partial charge in [-0.05, 0) is 18.6 Å². The van der Waals surface area contributed by atoms with E-state index in [4.69, 9.17) is 9.47 Å². The number of nitrogens with one attached hydrogen (secondary N) is 2. The van der Waals surface area contributed by atoms with Gasteiger partial charge in [0, 0.05) is 42.8 Å². The second-order valence-electron chi connectivity index (χ2n) is 6.44. The molecule has 8 heteroatoms. The second-order valence-corrected chi connectivity index (χ2v) is 6.44. The van der Waals surface area contributed by atoms with Crippen LogP contribution in [-0.2, 0) is 16.1 Å². The van der Waals surface area contributed by atoms with Crippen molar-refractivity contribution in [2.75, 3.05) is 18.7 Å². The highest BCUT2D eigenvalue weighted by Crippen LogP contribution is 2.34. The van der Waals surface area contributed by atoms with Gasteiger partial charge in [0.25, 0.3) is 0 Å². The van der Waals surface area contributed by atoms with Gasteiger partial charge in [-0.3, -0.25) is 9.59 Å². The number of carbonyl (C=O) groups excluding carboxylic acids is 2. The molecule has 0 unspecified atom stereocenters. The number of aromatic nitrogens is 2. The molecule has 4 rings (SSSR count). The molecular formula is C21H20N4O4. The monoisotopic (exact) mass is 392 g/mol. The van der Waals surface area contributed by atoms with Crippen LogP contribution in [0.3, 0.4) is 0 Å². The lowest BCUT2D eigenvalue weighted by atomic mass is 10.2. The highest BCUT2D eigenvalue weighted by molar-refractivity contribution is 6.39.